The highest BCUT2D eigenvalue weighted by Crippen LogP contribution is 2.25. The third kappa shape index (κ3) is 5.94. The number of nitriles is 1. The smallest absolute Gasteiger partial charge is 0.241 e. The SMILES string of the molecule is CC(C(=O)Nc1ccc(Cl)cc1Cl)N1CCCN(Cc2ccc(C#N)cc2)CC1. The van der Waals surface area contributed by atoms with Crippen molar-refractivity contribution in [2.75, 3.05) is 31.5 Å². The first-order valence-electron chi connectivity index (χ1n) is 9.67. The van der Waals surface area contributed by atoms with Crippen molar-refractivity contribution in [3.63, 3.8) is 0 Å². The fourth-order valence-corrected chi connectivity index (χ4v) is 3.93. The second kappa shape index (κ2) is 10.1. The molecule has 1 aliphatic rings. The van der Waals surface area contributed by atoms with Gasteiger partial charge < -0.3 is 5.32 Å². The molecule has 1 aliphatic heterocycles. The van der Waals surface area contributed by atoms with Crippen molar-refractivity contribution in [2.24, 2.45) is 0 Å². The first-order chi connectivity index (χ1) is 14.0. The van der Waals surface area contributed by atoms with Gasteiger partial charge in [-0.15, -0.1) is 0 Å². The van der Waals surface area contributed by atoms with Crippen LogP contribution in [0.1, 0.15) is 24.5 Å². The van der Waals surface area contributed by atoms with E-state index in [0.29, 0.717) is 21.3 Å². The van der Waals surface area contributed by atoms with E-state index in [2.05, 4.69) is 21.2 Å². The number of carbonyl (C=O) groups is 1. The molecule has 0 bridgehead atoms. The maximum atomic E-state index is 12.7. The van der Waals surface area contributed by atoms with E-state index in [0.717, 1.165) is 39.1 Å². The van der Waals surface area contributed by atoms with Gasteiger partial charge in [-0.1, -0.05) is 35.3 Å². The Bertz CT molecular complexity index is 895. The van der Waals surface area contributed by atoms with E-state index in [4.69, 9.17) is 28.5 Å². The van der Waals surface area contributed by atoms with Crippen LogP contribution < -0.4 is 5.32 Å². The van der Waals surface area contributed by atoms with Crippen LogP contribution in [0.25, 0.3) is 0 Å². The van der Waals surface area contributed by atoms with Crippen LogP contribution in [0.15, 0.2) is 42.5 Å². The highest BCUT2D eigenvalue weighted by atomic mass is 35.5. The van der Waals surface area contributed by atoms with E-state index in [-0.39, 0.29) is 11.9 Å². The Morgan fingerprint density at radius 3 is 2.59 bits per heavy atom. The molecule has 1 unspecified atom stereocenters. The Morgan fingerprint density at radius 1 is 1.14 bits per heavy atom. The lowest BCUT2D eigenvalue weighted by atomic mass is 10.1. The molecule has 1 amide bonds. The minimum absolute atomic E-state index is 0.0743. The highest BCUT2D eigenvalue weighted by molar-refractivity contribution is 6.36. The summed E-state index contributed by atoms with van der Waals surface area (Å²) in [6, 6.07) is 14.7. The summed E-state index contributed by atoms with van der Waals surface area (Å²) in [6.45, 7) is 6.33. The molecule has 0 radical (unpaired) electrons. The number of hydrogen-bond acceptors (Lipinski definition) is 4. The van der Waals surface area contributed by atoms with Crippen LogP contribution in [0.5, 0.6) is 0 Å². The lowest BCUT2D eigenvalue weighted by Crippen LogP contribution is -2.43. The summed E-state index contributed by atoms with van der Waals surface area (Å²) in [7, 11) is 0. The van der Waals surface area contributed by atoms with Gasteiger partial charge in [0.1, 0.15) is 0 Å². The quantitative estimate of drug-likeness (QED) is 0.763. The van der Waals surface area contributed by atoms with Gasteiger partial charge in [0.25, 0.3) is 0 Å². The summed E-state index contributed by atoms with van der Waals surface area (Å²) < 4.78 is 0. The molecule has 0 aromatic heterocycles. The molecule has 1 heterocycles. The molecule has 2 aromatic rings. The number of halogens is 2. The molecule has 0 spiro atoms. The summed E-state index contributed by atoms with van der Waals surface area (Å²) in [4.78, 5) is 17.3. The van der Waals surface area contributed by atoms with Crippen LogP contribution in [0.2, 0.25) is 10.0 Å². The Morgan fingerprint density at radius 2 is 1.90 bits per heavy atom. The summed E-state index contributed by atoms with van der Waals surface area (Å²) in [5, 5.41) is 12.8. The van der Waals surface area contributed by atoms with Gasteiger partial charge in [0.05, 0.1) is 28.4 Å². The molecule has 1 saturated heterocycles. The molecule has 0 aliphatic carbocycles. The molecule has 7 heteroatoms. The lowest BCUT2D eigenvalue weighted by molar-refractivity contribution is -0.120. The normalized spacial score (nSPS) is 16.6. The van der Waals surface area contributed by atoms with E-state index < -0.39 is 0 Å². The van der Waals surface area contributed by atoms with Gasteiger partial charge in [0.15, 0.2) is 0 Å². The van der Waals surface area contributed by atoms with Crippen molar-refractivity contribution in [1.29, 1.82) is 5.26 Å². The number of rotatable bonds is 5. The first-order valence-corrected chi connectivity index (χ1v) is 10.4. The zero-order chi connectivity index (χ0) is 20.8. The third-order valence-electron chi connectivity index (χ3n) is 5.23. The molecular weight excluding hydrogens is 407 g/mol. The summed E-state index contributed by atoms with van der Waals surface area (Å²) >= 11 is 12.1. The van der Waals surface area contributed by atoms with Crippen molar-refractivity contribution in [2.45, 2.75) is 25.9 Å². The van der Waals surface area contributed by atoms with E-state index in [1.165, 1.54) is 5.56 Å². The molecule has 1 N–H and O–H groups in total. The molecule has 29 heavy (non-hydrogen) atoms. The minimum atomic E-state index is -0.253. The summed E-state index contributed by atoms with van der Waals surface area (Å²) in [6.07, 6.45) is 0.996. The van der Waals surface area contributed by atoms with Gasteiger partial charge in [0.2, 0.25) is 5.91 Å². The predicted octanol–water partition coefficient (Wildman–Crippen LogP) is 4.40. The topological polar surface area (TPSA) is 59.4 Å². The van der Waals surface area contributed by atoms with Gasteiger partial charge >= 0.3 is 0 Å². The van der Waals surface area contributed by atoms with E-state index in [1.54, 1.807) is 18.2 Å². The Kier molecular flexibility index (Phi) is 7.51. The first kappa shape index (κ1) is 21.6. The molecule has 1 atom stereocenters. The molecule has 0 saturated carbocycles. The van der Waals surface area contributed by atoms with Crippen molar-refractivity contribution < 1.29 is 4.79 Å². The third-order valence-corrected chi connectivity index (χ3v) is 5.78. The summed E-state index contributed by atoms with van der Waals surface area (Å²) in [5.74, 6) is -0.0743. The number of anilines is 1. The fourth-order valence-electron chi connectivity index (χ4n) is 3.47. The van der Waals surface area contributed by atoms with Gasteiger partial charge in [-0.25, -0.2) is 0 Å². The standard InChI is InChI=1S/C22H24Cl2N4O/c1-16(22(29)26-21-8-7-19(23)13-20(21)24)28-10-2-9-27(11-12-28)15-18-5-3-17(14-25)4-6-18/h3-8,13,16H,2,9-12,15H2,1H3,(H,26,29). The average molecular weight is 431 g/mol. The second-order valence-electron chi connectivity index (χ2n) is 7.26. The van der Waals surface area contributed by atoms with E-state index >= 15 is 0 Å². The molecule has 2 aromatic carbocycles. The molecule has 3 rings (SSSR count). The van der Waals surface area contributed by atoms with Crippen LogP contribution in [0.4, 0.5) is 5.69 Å². The fraction of sp³-hybridized carbons (Fsp3) is 0.364. The predicted molar refractivity (Wildman–Crippen MR) is 117 cm³/mol. The lowest BCUT2D eigenvalue weighted by Gasteiger charge is -2.27. The zero-order valence-corrected chi connectivity index (χ0v) is 17.9. The Balaban J connectivity index is 1.55. The average Bonchev–Trinajstić information content (AvgIpc) is 2.95. The van der Waals surface area contributed by atoms with Crippen LogP contribution >= 0.6 is 23.2 Å². The van der Waals surface area contributed by atoms with Crippen molar-refractivity contribution in [1.82, 2.24) is 9.80 Å². The number of hydrogen-bond donors (Lipinski definition) is 1. The molecular formula is C22H24Cl2N4O. The number of amides is 1. The van der Waals surface area contributed by atoms with Gasteiger partial charge in [-0.3, -0.25) is 14.6 Å². The maximum Gasteiger partial charge on any atom is 0.241 e. The van der Waals surface area contributed by atoms with Crippen LogP contribution in [-0.2, 0) is 11.3 Å². The number of benzene rings is 2. The largest absolute Gasteiger partial charge is 0.323 e. The monoisotopic (exact) mass is 430 g/mol. The van der Waals surface area contributed by atoms with Crippen LogP contribution in [0, 0.1) is 11.3 Å². The van der Waals surface area contributed by atoms with Crippen molar-refractivity contribution in [3.8, 4) is 6.07 Å². The molecule has 5 nitrogen and oxygen atoms in total. The van der Waals surface area contributed by atoms with Crippen LogP contribution in [0.3, 0.4) is 0 Å². The zero-order valence-electron chi connectivity index (χ0n) is 16.4. The van der Waals surface area contributed by atoms with Crippen molar-refractivity contribution in [3.05, 3.63) is 63.6 Å². The Labute approximate surface area is 181 Å². The van der Waals surface area contributed by atoms with E-state index in [9.17, 15) is 4.79 Å². The maximum absolute atomic E-state index is 12.7. The summed E-state index contributed by atoms with van der Waals surface area (Å²) in [5.41, 5.74) is 2.45. The van der Waals surface area contributed by atoms with Gasteiger partial charge in [-0.2, -0.15) is 5.26 Å². The minimum Gasteiger partial charge on any atom is -0.323 e. The van der Waals surface area contributed by atoms with Gasteiger partial charge in [0, 0.05) is 31.2 Å². The van der Waals surface area contributed by atoms with Crippen LogP contribution in [-0.4, -0.2) is 47.9 Å². The second-order valence-corrected chi connectivity index (χ2v) is 8.11. The number of nitrogens with zero attached hydrogens (tertiary/aromatic N) is 3. The highest BCUT2D eigenvalue weighted by Gasteiger charge is 2.24. The number of nitrogens with one attached hydrogen (secondary N) is 1. The van der Waals surface area contributed by atoms with E-state index in [1.807, 2.05) is 31.2 Å². The molecule has 152 valence electrons. The Hall–Kier alpha value is -2.10. The van der Waals surface area contributed by atoms with Gasteiger partial charge in [-0.05, 0) is 55.8 Å². The van der Waals surface area contributed by atoms with Crippen molar-refractivity contribution >= 4 is 34.8 Å². The molecule has 1 fully saturated rings. The number of carbonyl (C=O) groups excluding carboxylic acids is 1.